The fraction of sp³-hybridized carbons (Fsp3) is 0.500. The van der Waals surface area contributed by atoms with Gasteiger partial charge in [-0.05, 0) is 24.6 Å². The molecular formula is C16H17F5N4O. The van der Waals surface area contributed by atoms with Gasteiger partial charge in [-0.15, -0.1) is 0 Å². The minimum absolute atomic E-state index is 0.0502. The number of H-pyrrole nitrogens is 2. The van der Waals surface area contributed by atoms with Crippen molar-refractivity contribution in [1.29, 1.82) is 0 Å². The van der Waals surface area contributed by atoms with Gasteiger partial charge in [0, 0.05) is 30.7 Å². The average molecular weight is 376 g/mol. The number of aromatic amines is 2. The Morgan fingerprint density at radius 2 is 1.77 bits per heavy atom. The SMILES string of the molecule is N[C@H]1C[C@@H](N2Cc3[nH][nH]c3C2)C(C(F)(F)F)O[C@@H]1c1cc(F)ccc1F. The monoisotopic (exact) mass is 376 g/mol. The van der Waals surface area contributed by atoms with E-state index in [1.807, 2.05) is 0 Å². The van der Waals surface area contributed by atoms with Crippen LogP contribution < -0.4 is 5.73 Å². The van der Waals surface area contributed by atoms with E-state index < -0.39 is 42.1 Å². The Hall–Kier alpha value is -1.91. The number of hydrogen-bond acceptors (Lipinski definition) is 3. The van der Waals surface area contributed by atoms with E-state index in [2.05, 4.69) is 10.2 Å². The fourth-order valence-corrected chi connectivity index (χ4v) is 3.75. The number of fused-ring (bicyclic) bond motifs is 1. The molecule has 3 heterocycles. The zero-order valence-corrected chi connectivity index (χ0v) is 13.5. The molecule has 1 aromatic heterocycles. The van der Waals surface area contributed by atoms with Crippen molar-refractivity contribution in [2.75, 3.05) is 0 Å². The lowest BCUT2D eigenvalue weighted by Gasteiger charge is -2.44. The highest BCUT2D eigenvalue weighted by molar-refractivity contribution is 5.24. The molecule has 4 N–H and O–H groups in total. The number of alkyl halides is 3. The highest BCUT2D eigenvalue weighted by Gasteiger charge is 2.54. The number of halogens is 5. The number of rotatable bonds is 2. The Balaban J connectivity index is 1.62. The molecule has 1 saturated heterocycles. The van der Waals surface area contributed by atoms with Crippen LogP contribution in [0.15, 0.2) is 18.2 Å². The van der Waals surface area contributed by atoms with E-state index in [-0.39, 0.29) is 12.0 Å². The van der Waals surface area contributed by atoms with Crippen LogP contribution in [-0.2, 0) is 17.8 Å². The summed E-state index contributed by atoms with van der Waals surface area (Å²) in [4.78, 5) is 1.63. The molecule has 2 aromatic rings. The molecule has 1 aromatic carbocycles. The summed E-state index contributed by atoms with van der Waals surface area (Å²) in [5.74, 6) is -1.60. The van der Waals surface area contributed by atoms with Gasteiger partial charge in [-0.25, -0.2) is 8.78 Å². The van der Waals surface area contributed by atoms with Crippen molar-refractivity contribution >= 4 is 0 Å². The second-order valence-electron chi connectivity index (χ2n) is 6.76. The molecule has 1 fully saturated rings. The van der Waals surface area contributed by atoms with Gasteiger partial charge in [0.2, 0.25) is 0 Å². The topological polar surface area (TPSA) is 70.1 Å². The molecule has 4 rings (SSSR count). The molecule has 26 heavy (non-hydrogen) atoms. The molecule has 5 nitrogen and oxygen atoms in total. The summed E-state index contributed by atoms with van der Waals surface area (Å²) < 4.78 is 73.7. The van der Waals surface area contributed by atoms with E-state index in [4.69, 9.17) is 10.5 Å². The van der Waals surface area contributed by atoms with Crippen molar-refractivity contribution in [3.63, 3.8) is 0 Å². The lowest BCUT2D eigenvalue weighted by atomic mass is 9.89. The minimum Gasteiger partial charge on any atom is -0.357 e. The van der Waals surface area contributed by atoms with Gasteiger partial charge < -0.3 is 20.7 Å². The number of nitrogens with one attached hydrogen (secondary N) is 2. The summed E-state index contributed by atoms with van der Waals surface area (Å²) >= 11 is 0. The largest absolute Gasteiger partial charge is 0.416 e. The number of ether oxygens (including phenoxy) is 1. The molecule has 0 bridgehead atoms. The summed E-state index contributed by atoms with van der Waals surface area (Å²) in [6.07, 6.45) is -8.23. The number of nitrogens with two attached hydrogens (primary N) is 1. The summed E-state index contributed by atoms with van der Waals surface area (Å²) in [5.41, 5.74) is 7.42. The van der Waals surface area contributed by atoms with Crippen molar-refractivity contribution in [2.45, 2.75) is 50.0 Å². The van der Waals surface area contributed by atoms with Crippen molar-refractivity contribution in [1.82, 2.24) is 15.1 Å². The Bertz CT molecular complexity index is 781. The Morgan fingerprint density at radius 1 is 1.12 bits per heavy atom. The standard InChI is InChI=1S/C16H17F5N4O/c17-7-1-2-9(18)8(3-7)14-10(22)4-13(15(26-14)16(19,20)21)25-5-11-12(6-25)24-23-11/h1-3,10,13-15,23-24H,4-6,22H2/t10-,13+,14+,15?/m0/s1. The summed E-state index contributed by atoms with van der Waals surface area (Å²) in [7, 11) is 0. The second kappa shape index (κ2) is 6.07. The molecule has 0 amide bonds. The van der Waals surface area contributed by atoms with Gasteiger partial charge >= 0.3 is 6.18 Å². The zero-order valence-electron chi connectivity index (χ0n) is 13.5. The van der Waals surface area contributed by atoms with Gasteiger partial charge in [-0.1, -0.05) is 0 Å². The van der Waals surface area contributed by atoms with Crippen LogP contribution in [0.5, 0.6) is 0 Å². The van der Waals surface area contributed by atoms with Gasteiger partial charge in [0.25, 0.3) is 0 Å². The van der Waals surface area contributed by atoms with Crippen LogP contribution in [0, 0.1) is 11.6 Å². The maximum absolute atomic E-state index is 14.0. The number of nitrogens with zero attached hydrogens (tertiary/aromatic N) is 1. The maximum atomic E-state index is 14.0. The molecule has 2 aliphatic heterocycles. The first-order chi connectivity index (χ1) is 12.2. The van der Waals surface area contributed by atoms with E-state index in [9.17, 15) is 22.0 Å². The van der Waals surface area contributed by atoms with Crippen molar-refractivity contribution in [2.24, 2.45) is 5.73 Å². The Kier molecular flexibility index (Phi) is 4.08. The molecule has 142 valence electrons. The molecule has 10 heteroatoms. The molecule has 4 atom stereocenters. The van der Waals surface area contributed by atoms with E-state index in [1.165, 1.54) is 0 Å². The van der Waals surface area contributed by atoms with Gasteiger partial charge in [-0.2, -0.15) is 13.2 Å². The molecule has 2 aliphatic rings. The smallest absolute Gasteiger partial charge is 0.357 e. The predicted molar refractivity (Wildman–Crippen MR) is 80.8 cm³/mol. The van der Waals surface area contributed by atoms with Crippen molar-refractivity contribution < 1.29 is 26.7 Å². The molecule has 0 radical (unpaired) electrons. The normalized spacial score (nSPS) is 29.9. The number of hydrogen-bond donors (Lipinski definition) is 3. The van der Waals surface area contributed by atoms with Crippen LogP contribution in [0.4, 0.5) is 22.0 Å². The van der Waals surface area contributed by atoms with Crippen LogP contribution in [0.1, 0.15) is 29.5 Å². The molecule has 1 unspecified atom stereocenters. The molecule has 0 aliphatic carbocycles. The highest BCUT2D eigenvalue weighted by Crippen LogP contribution is 2.42. The highest BCUT2D eigenvalue weighted by atomic mass is 19.4. The third-order valence-corrected chi connectivity index (χ3v) is 5.05. The first-order valence-corrected chi connectivity index (χ1v) is 8.15. The molecular weight excluding hydrogens is 359 g/mol. The van der Waals surface area contributed by atoms with Crippen LogP contribution >= 0.6 is 0 Å². The first kappa shape index (κ1) is 17.5. The van der Waals surface area contributed by atoms with Gasteiger partial charge in [-0.3, -0.25) is 4.90 Å². The van der Waals surface area contributed by atoms with Crippen molar-refractivity contribution in [3.8, 4) is 0 Å². The Morgan fingerprint density at radius 3 is 2.35 bits per heavy atom. The lowest BCUT2D eigenvalue weighted by Crippen LogP contribution is -2.58. The van der Waals surface area contributed by atoms with Crippen LogP contribution in [0.2, 0.25) is 0 Å². The van der Waals surface area contributed by atoms with Gasteiger partial charge in [0.05, 0.1) is 11.4 Å². The summed E-state index contributed by atoms with van der Waals surface area (Å²) in [6, 6.07) is 0.684. The van der Waals surface area contributed by atoms with Gasteiger partial charge in [0.15, 0.2) is 6.10 Å². The minimum atomic E-state index is -4.66. The van der Waals surface area contributed by atoms with E-state index in [0.717, 1.165) is 29.6 Å². The summed E-state index contributed by atoms with van der Waals surface area (Å²) in [5, 5.41) is 5.67. The zero-order chi connectivity index (χ0) is 18.6. The first-order valence-electron chi connectivity index (χ1n) is 8.15. The fourth-order valence-electron chi connectivity index (χ4n) is 3.75. The van der Waals surface area contributed by atoms with E-state index >= 15 is 0 Å². The van der Waals surface area contributed by atoms with E-state index in [1.54, 1.807) is 4.90 Å². The lowest BCUT2D eigenvalue weighted by molar-refractivity contribution is -0.269. The van der Waals surface area contributed by atoms with Crippen LogP contribution in [-0.4, -0.2) is 39.5 Å². The number of benzene rings is 1. The molecule has 0 saturated carbocycles. The van der Waals surface area contributed by atoms with Crippen LogP contribution in [0.25, 0.3) is 0 Å². The Labute approximate surface area is 145 Å². The number of aromatic nitrogens is 2. The average Bonchev–Trinajstić information content (AvgIpc) is 2.83. The summed E-state index contributed by atoms with van der Waals surface area (Å²) in [6.45, 7) is 0.656. The molecule has 0 spiro atoms. The maximum Gasteiger partial charge on any atom is 0.416 e. The quantitative estimate of drug-likeness (QED) is 0.706. The van der Waals surface area contributed by atoms with E-state index in [0.29, 0.717) is 13.1 Å². The third kappa shape index (κ3) is 2.91. The second-order valence-corrected chi connectivity index (χ2v) is 6.76. The third-order valence-electron chi connectivity index (χ3n) is 5.05. The van der Waals surface area contributed by atoms with Crippen molar-refractivity contribution in [3.05, 3.63) is 46.8 Å². The predicted octanol–water partition coefficient (Wildman–Crippen LogP) is 2.73. The van der Waals surface area contributed by atoms with Gasteiger partial charge in [0.1, 0.15) is 17.7 Å². The van der Waals surface area contributed by atoms with Crippen LogP contribution in [0.3, 0.4) is 0 Å².